The van der Waals surface area contributed by atoms with Crippen LogP contribution in [-0.2, 0) is 9.53 Å². The largest absolute Gasteiger partial charge is 0.368 e. The van der Waals surface area contributed by atoms with Crippen LogP contribution in [0, 0.1) is 0 Å². The Balaban J connectivity index is 2.33. The third-order valence-corrected chi connectivity index (χ3v) is 1.69. The predicted molar refractivity (Wildman–Crippen MR) is 38.9 cm³/mol. The van der Waals surface area contributed by atoms with Crippen molar-refractivity contribution >= 4 is 5.78 Å². The van der Waals surface area contributed by atoms with E-state index in [1.54, 1.807) is 0 Å². The van der Waals surface area contributed by atoms with Gasteiger partial charge in [-0.25, -0.2) is 0 Å². The molecule has 0 saturated heterocycles. The van der Waals surface area contributed by atoms with Crippen molar-refractivity contribution in [2.45, 2.75) is 45.3 Å². The van der Waals surface area contributed by atoms with Crippen molar-refractivity contribution in [3.05, 3.63) is 0 Å². The minimum atomic E-state index is -0.0833. The van der Waals surface area contributed by atoms with Crippen LogP contribution in [0.1, 0.15) is 33.1 Å². The summed E-state index contributed by atoms with van der Waals surface area (Å²) in [5.74, 6) is 0.286. The van der Waals surface area contributed by atoms with Gasteiger partial charge in [0.1, 0.15) is 6.10 Å². The topological polar surface area (TPSA) is 26.3 Å². The van der Waals surface area contributed by atoms with Crippen molar-refractivity contribution in [3.8, 4) is 0 Å². The first-order valence-corrected chi connectivity index (χ1v) is 3.88. The van der Waals surface area contributed by atoms with Gasteiger partial charge in [-0.1, -0.05) is 0 Å². The van der Waals surface area contributed by atoms with Crippen LogP contribution in [0.2, 0.25) is 0 Å². The number of hydrogen-bond acceptors (Lipinski definition) is 2. The average Bonchev–Trinajstić information content (AvgIpc) is 2.15. The first-order valence-electron chi connectivity index (χ1n) is 3.88. The lowest BCUT2D eigenvalue weighted by Gasteiger charge is -2.12. The van der Waals surface area contributed by atoms with E-state index in [1.165, 1.54) is 0 Å². The Morgan fingerprint density at radius 3 is 2.70 bits per heavy atom. The van der Waals surface area contributed by atoms with Crippen LogP contribution >= 0.6 is 0 Å². The highest BCUT2D eigenvalue weighted by atomic mass is 16.5. The molecule has 0 aromatic heterocycles. The monoisotopic (exact) mass is 142 g/mol. The lowest BCUT2D eigenvalue weighted by atomic mass is 10.3. The van der Waals surface area contributed by atoms with Gasteiger partial charge >= 0.3 is 0 Å². The number of hydrogen-bond donors (Lipinski definition) is 0. The summed E-state index contributed by atoms with van der Waals surface area (Å²) < 4.78 is 5.37. The van der Waals surface area contributed by atoms with Crippen molar-refractivity contribution in [1.29, 1.82) is 0 Å². The van der Waals surface area contributed by atoms with Crippen molar-refractivity contribution < 1.29 is 9.53 Å². The number of ether oxygens (including phenoxy) is 1. The molecule has 0 amide bonds. The second kappa shape index (κ2) is 3.15. The SMILES string of the molecule is CC(C)OC1CCCC1=O. The second-order valence-corrected chi connectivity index (χ2v) is 3.03. The van der Waals surface area contributed by atoms with E-state index in [0.29, 0.717) is 0 Å². The Hall–Kier alpha value is -0.370. The van der Waals surface area contributed by atoms with Crippen LogP contribution in [0.4, 0.5) is 0 Å². The van der Waals surface area contributed by atoms with Gasteiger partial charge in [-0.2, -0.15) is 0 Å². The zero-order valence-corrected chi connectivity index (χ0v) is 6.59. The fraction of sp³-hybridized carbons (Fsp3) is 0.875. The van der Waals surface area contributed by atoms with Gasteiger partial charge in [0, 0.05) is 6.42 Å². The summed E-state index contributed by atoms with van der Waals surface area (Å²) in [5, 5.41) is 0. The van der Waals surface area contributed by atoms with Gasteiger partial charge < -0.3 is 4.74 Å². The van der Waals surface area contributed by atoms with Crippen molar-refractivity contribution in [3.63, 3.8) is 0 Å². The molecule has 2 heteroatoms. The van der Waals surface area contributed by atoms with Crippen LogP contribution in [0.25, 0.3) is 0 Å². The van der Waals surface area contributed by atoms with E-state index in [4.69, 9.17) is 4.74 Å². The molecule has 1 atom stereocenters. The molecule has 1 saturated carbocycles. The van der Waals surface area contributed by atoms with Gasteiger partial charge in [0.25, 0.3) is 0 Å². The summed E-state index contributed by atoms with van der Waals surface area (Å²) in [6.45, 7) is 3.93. The van der Waals surface area contributed by atoms with E-state index in [1.807, 2.05) is 13.8 Å². The maximum absolute atomic E-state index is 11.0. The van der Waals surface area contributed by atoms with Gasteiger partial charge in [0.2, 0.25) is 0 Å². The van der Waals surface area contributed by atoms with Crippen LogP contribution in [0.15, 0.2) is 0 Å². The molecule has 1 unspecified atom stereocenters. The molecule has 10 heavy (non-hydrogen) atoms. The standard InChI is InChI=1S/C8H14O2/c1-6(2)10-8-5-3-4-7(8)9/h6,8H,3-5H2,1-2H3. The third-order valence-electron chi connectivity index (χ3n) is 1.69. The Bertz CT molecular complexity index is 129. The zero-order valence-electron chi connectivity index (χ0n) is 6.59. The summed E-state index contributed by atoms with van der Waals surface area (Å²) in [6, 6.07) is 0. The number of carbonyl (C=O) groups is 1. The first kappa shape index (κ1) is 7.73. The van der Waals surface area contributed by atoms with Crippen molar-refractivity contribution in [2.75, 3.05) is 0 Å². The van der Waals surface area contributed by atoms with Crippen molar-refractivity contribution in [1.82, 2.24) is 0 Å². The average molecular weight is 142 g/mol. The van der Waals surface area contributed by atoms with Gasteiger partial charge in [0.15, 0.2) is 5.78 Å². The Kier molecular flexibility index (Phi) is 2.44. The van der Waals surface area contributed by atoms with Crippen LogP contribution in [-0.4, -0.2) is 18.0 Å². The van der Waals surface area contributed by atoms with E-state index in [-0.39, 0.29) is 18.0 Å². The lowest BCUT2D eigenvalue weighted by Crippen LogP contribution is -2.21. The molecule has 2 nitrogen and oxygen atoms in total. The molecule has 0 radical (unpaired) electrons. The molecule has 0 spiro atoms. The molecule has 0 N–H and O–H groups in total. The fourth-order valence-electron chi connectivity index (χ4n) is 1.26. The smallest absolute Gasteiger partial charge is 0.161 e. The van der Waals surface area contributed by atoms with Crippen LogP contribution in [0.3, 0.4) is 0 Å². The molecular weight excluding hydrogens is 128 g/mol. The number of Topliss-reactive ketones (excluding diaryl/α,β-unsaturated/α-hetero) is 1. The quantitative estimate of drug-likeness (QED) is 0.584. The van der Waals surface area contributed by atoms with Gasteiger partial charge in [-0.3, -0.25) is 4.79 Å². The number of carbonyl (C=O) groups excluding carboxylic acids is 1. The second-order valence-electron chi connectivity index (χ2n) is 3.03. The number of rotatable bonds is 2. The van der Waals surface area contributed by atoms with Crippen molar-refractivity contribution in [2.24, 2.45) is 0 Å². The Labute approximate surface area is 61.6 Å². The summed E-state index contributed by atoms with van der Waals surface area (Å²) in [4.78, 5) is 11.0. The molecule has 1 rings (SSSR count). The highest BCUT2D eigenvalue weighted by molar-refractivity contribution is 5.84. The van der Waals surface area contributed by atoms with E-state index < -0.39 is 0 Å². The molecule has 0 aromatic carbocycles. The highest BCUT2D eigenvalue weighted by Crippen LogP contribution is 2.18. The van der Waals surface area contributed by atoms with Crippen LogP contribution < -0.4 is 0 Å². The maximum Gasteiger partial charge on any atom is 0.161 e. The fourth-order valence-corrected chi connectivity index (χ4v) is 1.26. The van der Waals surface area contributed by atoms with Gasteiger partial charge in [0.05, 0.1) is 6.10 Å². The molecule has 1 aliphatic carbocycles. The van der Waals surface area contributed by atoms with Gasteiger partial charge in [-0.05, 0) is 26.7 Å². The zero-order chi connectivity index (χ0) is 7.56. The van der Waals surface area contributed by atoms with E-state index in [0.717, 1.165) is 19.3 Å². The molecule has 0 bridgehead atoms. The van der Waals surface area contributed by atoms with Gasteiger partial charge in [-0.15, -0.1) is 0 Å². The Morgan fingerprint density at radius 2 is 2.30 bits per heavy atom. The lowest BCUT2D eigenvalue weighted by molar-refractivity contribution is -0.129. The maximum atomic E-state index is 11.0. The first-order chi connectivity index (χ1) is 4.70. The minimum absolute atomic E-state index is 0.0833. The predicted octanol–water partition coefficient (Wildman–Crippen LogP) is 1.53. The molecule has 1 fully saturated rings. The molecule has 1 aliphatic rings. The minimum Gasteiger partial charge on any atom is -0.368 e. The molecule has 0 heterocycles. The van der Waals surface area contributed by atoms with E-state index in [9.17, 15) is 4.79 Å². The van der Waals surface area contributed by atoms with E-state index >= 15 is 0 Å². The van der Waals surface area contributed by atoms with E-state index in [2.05, 4.69) is 0 Å². The summed E-state index contributed by atoms with van der Waals surface area (Å²) in [6.07, 6.45) is 2.76. The highest BCUT2D eigenvalue weighted by Gasteiger charge is 2.25. The summed E-state index contributed by atoms with van der Waals surface area (Å²) >= 11 is 0. The molecular formula is C8H14O2. The third kappa shape index (κ3) is 1.81. The molecule has 0 aliphatic heterocycles. The van der Waals surface area contributed by atoms with Crippen LogP contribution in [0.5, 0.6) is 0 Å². The molecule has 58 valence electrons. The summed E-state index contributed by atoms with van der Waals surface area (Å²) in [7, 11) is 0. The normalized spacial score (nSPS) is 26.3. The molecule has 0 aromatic rings. The number of ketones is 1. The summed E-state index contributed by atoms with van der Waals surface area (Å²) in [5.41, 5.74) is 0. The Morgan fingerprint density at radius 1 is 1.60 bits per heavy atom.